The second-order valence-electron chi connectivity index (χ2n) is 4.47. The monoisotopic (exact) mass is 240 g/mol. The van der Waals surface area contributed by atoms with E-state index in [2.05, 4.69) is 0 Å². The molecule has 4 atom stereocenters. The van der Waals surface area contributed by atoms with Gasteiger partial charge in [0.25, 0.3) is 5.92 Å². The summed E-state index contributed by atoms with van der Waals surface area (Å²) in [6.45, 7) is 2.12. The zero-order valence-corrected chi connectivity index (χ0v) is 9.31. The fraction of sp³-hybridized carbons (Fsp3) is 1.00. The van der Waals surface area contributed by atoms with Crippen LogP contribution in [-0.4, -0.2) is 52.3 Å². The smallest absolute Gasteiger partial charge is 0.276 e. The summed E-state index contributed by atoms with van der Waals surface area (Å²) in [6.07, 6.45) is -5.56. The first kappa shape index (κ1) is 13.8. The molecule has 0 aromatic rings. The van der Waals surface area contributed by atoms with Crippen molar-refractivity contribution >= 4 is 0 Å². The van der Waals surface area contributed by atoms with Crippen molar-refractivity contribution in [1.29, 1.82) is 0 Å². The molecule has 0 aliphatic carbocycles. The zero-order valence-electron chi connectivity index (χ0n) is 9.31. The number of aliphatic hydroxyl groups is 3. The summed E-state index contributed by atoms with van der Waals surface area (Å²) in [6, 6.07) is 0. The second kappa shape index (κ2) is 4.91. The maximum Gasteiger partial charge on any atom is 0.276 e. The van der Waals surface area contributed by atoms with E-state index in [-0.39, 0.29) is 6.42 Å². The third kappa shape index (κ3) is 2.51. The SMILES string of the molecule is CC(C)C(F)(F)C1CC(O)C(O)C(CO)O1. The van der Waals surface area contributed by atoms with E-state index in [9.17, 15) is 19.0 Å². The third-order valence-corrected chi connectivity index (χ3v) is 2.95. The molecule has 0 saturated carbocycles. The molecule has 0 aromatic heterocycles. The first-order chi connectivity index (χ1) is 7.30. The van der Waals surface area contributed by atoms with Crippen LogP contribution in [0.4, 0.5) is 8.78 Å². The van der Waals surface area contributed by atoms with Gasteiger partial charge in [-0.1, -0.05) is 13.8 Å². The molecule has 3 N–H and O–H groups in total. The van der Waals surface area contributed by atoms with Crippen molar-refractivity contribution in [3.05, 3.63) is 0 Å². The van der Waals surface area contributed by atoms with Gasteiger partial charge in [0.1, 0.15) is 18.3 Å². The number of rotatable bonds is 3. The standard InChI is InChI=1S/C10H18F2O4/c1-5(2)10(11,12)8-3-6(14)9(15)7(4-13)16-8/h5-9,13-15H,3-4H2,1-2H3. The van der Waals surface area contributed by atoms with Gasteiger partial charge in [0, 0.05) is 12.3 Å². The first-order valence-corrected chi connectivity index (χ1v) is 5.31. The lowest BCUT2D eigenvalue weighted by Crippen LogP contribution is -2.55. The van der Waals surface area contributed by atoms with Gasteiger partial charge in [-0.3, -0.25) is 0 Å². The van der Waals surface area contributed by atoms with Crippen LogP contribution in [0.5, 0.6) is 0 Å². The van der Waals surface area contributed by atoms with Crippen molar-refractivity contribution < 1.29 is 28.8 Å². The predicted molar refractivity (Wildman–Crippen MR) is 52.2 cm³/mol. The highest BCUT2D eigenvalue weighted by Gasteiger charge is 2.50. The van der Waals surface area contributed by atoms with E-state index < -0.39 is 42.9 Å². The van der Waals surface area contributed by atoms with Crippen LogP contribution in [0, 0.1) is 5.92 Å². The molecule has 0 aromatic carbocycles. The van der Waals surface area contributed by atoms with Crippen LogP contribution in [0.3, 0.4) is 0 Å². The molecule has 96 valence electrons. The van der Waals surface area contributed by atoms with Gasteiger partial charge in [0.2, 0.25) is 0 Å². The Kier molecular flexibility index (Phi) is 4.23. The number of hydrogen-bond donors (Lipinski definition) is 3. The average molecular weight is 240 g/mol. The first-order valence-electron chi connectivity index (χ1n) is 5.31. The predicted octanol–water partition coefficient (Wildman–Crippen LogP) is 0.149. The molecular formula is C10H18F2O4. The topological polar surface area (TPSA) is 69.9 Å². The van der Waals surface area contributed by atoms with Gasteiger partial charge in [-0.25, -0.2) is 8.78 Å². The van der Waals surface area contributed by atoms with Crippen LogP contribution in [0.2, 0.25) is 0 Å². The Bertz CT molecular complexity index is 235. The largest absolute Gasteiger partial charge is 0.394 e. The highest BCUT2D eigenvalue weighted by Crippen LogP contribution is 2.36. The summed E-state index contributed by atoms with van der Waals surface area (Å²) < 4.78 is 32.2. The number of hydrogen-bond acceptors (Lipinski definition) is 4. The Hall–Kier alpha value is -0.300. The molecule has 1 aliphatic rings. The summed E-state index contributed by atoms with van der Waals surface area (Å²) in [5, 5.41) is 27.7. The number of alkyl halides is 2. The molecule has 16 heavy (non-hydrogen) atoms. The molecule has 1 rings (SSSR count). The summed E-state index contributed by atoms with van der Waals surface area (Å²) in [4.78, 5) is 0. The minimum atomic E-state index is -3.09. The van der Waals surface area contributed by atoms with Crippen molar-refractivity contribution in [3.8, 4) is 0 Å². The molecule has 0 spiro atoms. The van der Waals surface area contributed by atoms with Gasteiger partial charge in [-0.2, -0.15) is 0 Å². The van der Waals surface area contributed by atoms with E-state index in [4.69, 9.17) is 9.84 Å². The highest BCUT2D eigenvalue weighted by atomic mass is 19.3. The molecule has 6 heteroatoms. The van der Waals surface area contributed by atoms with Gasteiger partial charge in [-0.15, -0.1) is 0 Å². The quantitative estimate of drug-likeness (QED) is 0.656. The number of aliphatic hydroxyl groups excluding tert-OH is 3. The van der Waals surface area contributed by atoms with Crippen LogP contribution < -0.4 is 0 Å². The highest BCUT2D eigenvalue weighted by molar-refractivity contribution is 4.92. The van der Waals surface area contributed by atoms with Crippen molar-refractivity contribution in [1.82, 2.24) is 0 Å². The van der Waals surface area contributed by atoms with Crippen LogP contribution in [0.15, 0.2) is 0 Å². The Labute approximate surface area is 92.8 Å². The van der Waals surface area contributed by atoms with Crippen molar-refractivity contribution in [2.24, 2.45) is 5.92 Å². The summed E-state index contributed by atoms with van der Waals surface area (Å²) in [5.41, 5.74) is 0. The number of ether oxygens (including phenoxy) is 1. The molecule has 1 saturated heterocycles. The van der Waals surface area contributed by atoms with Crippen molar-refractivity contribution in [2.75, 3.05) is 6.61 Å². The molecule has 0 amide bonds. The Morgan fingerprint density at radius 3 is 2.38 bits per heavy atom. The fourth-order valence-corrected chi connectivity index (χ4v) is 1.72. The van der Waals surface area contributed by atoms with Crippen molar-refractivity contribution in [2.45, 2.75) is 50.6 Å². The average Bonchev–Trinajstić information content (AvgIpc) is 2.21. The minimum Gasteiger partial charge on any atom is -0.394 e. The van der Waals surface area contributed by atoms with E-state index in [1.165, 1.54) is 13.8 Å². The Balaban J connectivity index is 2.77. The van der Waals surface area contributed by atoms with Crippen LogP contribution in [0.25, 0.3) is 0 Å². The van der Waals surface area contributed by atoms with E-state index in [1.54, 1.807) is 0 Å². The molecule has 4 nitrogen and oxygen atoms in total. The van der Waals surface area contributed by atoms with Gasteiger partial charge < -0.3 is 20.1 Å². The number of halogens is 2. The lowest BCUT2D eigenvalue weighted by atomic mass is 9.90. The van der Waals surface area contributed by atoms with Gasteiger partial charge in [0.15, 0.2) is 0 Å². The van der Waals surface area contributed by atoms with E-state index in [0.29, 0.717) is 0 Å². The molecular weight excluding hydrogens is 222 g/mol. The lowest BCUT2D eigenvalue weighted by molar-refractivity contribution is -0.249. The molecule has 0 radical (unpaired) electrons. The zero-order chi connectivity index (χ0) is 12.5. The van der Waals surface area contributed by atoms with Gasteiger partial charge in [-0.05, 0) is 0 Å². The molecule has 1 aliphatic heterocycles. The molecule has 0 bridgehead atoms. The van der Waals surface area contributed by atoms with Gasteiger partial charge >= 0.3 is 0 Å². The lowest BCUT2D eigenvalue weighted by Gasteiger charge is -2.40. The third-order valence-electron chi connectivity index (χ3n) is 2.95. The summed E-state index contributed by atoms with van der Waals surface area (Å²) >= 11 is 0. The summed E-state index contributed by atoms with van der Waals surface area (Å²) in [7, 11) is 0. The van der Waals surface area contributed by atoms with E-state index in [1.807, 2.05) is 0 Å². The van der Waals surface area contributed by atoms with E-state index >= 15 is 0 Å². The minimum absolute atomic E-state index is 0.331. The second-order valence-corrected chi connectivity index (χ2v) is 4.47. The van der Waals surface area contributed by atoms with Crippen LogP contribution >= 0.6 is 0 Å². The Morgan fingerprint density at radius 2 is 1.94 bits per heavy atom. The van der Waals surface area contributed by atoms with E-state index in [0.717, 1.165) is 0 Å². The van der Waals surface area contributed by atoms with Crippen LogP contribution in [-0.2, 0) is 4.74 Å². The molecule has 1 heterocycles. The maximum absolute atomic E-state index is 13.6. The fourth-order valence-electron chi connectivity index (χ4n) is 1.72. The van der Waals surface area contributed by atoms with Gasteiger partial charge in [0.05, 0.1) is 12.7 Å². The Morgan fingerprint density at radius 1 is 1.38 bits per heavy atom. The maximum atomic E-state index is 13.6. The molecule has 1 fully saturated rings. The summed E-state index contributed by atoms with van der Waals surface area (Å²) in [5.74, 6) is -4.02. The normalized spacial score (nSPS) is 36.8. The van der Waals surface area contributed by atoms with Crippen LogP contribution in [0.1, 0.15) is 20.3 Å². The molecule has 4 unspecified atom stereocenters. The van der Waals surface area contributed by atoms with Crippen molar-refractivity contribution in [3.63, 3.8) is 0 Å².